The van der Waals surface area contributed by atoms with Crippen LogP contribution in [-0.2, 0) is 4.74 Å². The van der Waals surface area contributed by atoms with E-state index in [9.17, 15) is 4.79 Å². The third-order valence-electron chi connectivity index (χ3n) is 3.85. The van der Waals surface area contributed by atoms with Gasteiger partial charge in [-0.25, -0.2) is 4.79 Å². The summed E-state index contributed by atoms with van der Waals surface area (Å²) in [5, 5.41) is 0. The van der Waals surface area contributed by atoms with Gasteiger partial charge < -0.3 is 4.74 Å². The van der Waals surface area contributed by atoms with E-state index in [0.717, 1.165) is 6.42 Å². The Morgan fingerprint density at radius 1 is 1.22 bits per heavy atom. The van der Waals surface area contributed by atoms with Gasteiger partial charge in [-0.2, -0.15) is 0 Å². The second kappa shape index (κ2) is 6.58. The zero-order chi connectivity index (χ0) is 12.8. The molecule has 0 bridgehead atoms. The van der Waals surface area contributed by atoms with E-state index in [1.165, 1.54) is 32.1 Å². The molecular weight excluding hydrogens is 224 g/mol. The Bertz CT molecular complexity index is 366. The van der Waals surface area contributed by atoms with Crippen LogP contribution in [0.15, 0.2) is 30.3 Å². The average Bonchev–Trinajstić information content (AvgIpc) is 2.46. The number of hydrogen-bond acceptors (Lipinski definition) is 2. The molecular formula is C16H22O2. The minimum Gasteiger partial charge on any atom is -0.459 e. The van der Waals surface area contributed by atoms with Crippen molar-refractivity contribution in [3.8, 4) is 0 Å². The second-order valence-electron chi connectivity index (χ2n) is 5.12. The number of esters is 1. The van der Waals surface area contributed by atoms with E-state index in [2.05, 4.69) is 6.92 Å². The van der Waals surface area contributed by atoms with Gasteiger partial charge in [0.05, 0.1) is 5.56 Å². The van der Waals surface area contributed by atoms with Gasteiger partial charge >= 0.3 is 5.97 Å². The summed E-state index contributed by atoms with van der Waals surface area (Å²) in [5.41, 5.74) is 0.659. The van der Waals surface area contributed by atoms with E-state index in [1.54, 1.807) is 0 Å². The minimum atomic E-state index is -0.173. The van der Waals surface area contributed by atoms with Crippen LogP contribution in [0, 0.1) is 5.92 Å². The molecule has 0 spiro atoms. The molecule has 0 radical (unpaired) electrons. The molecule has 2 heteroatoms. The van der Waals surface area contributed by atoms with E-state index in [1.807, 2.05) is 30.3 Å². The summed E-state index contributed by atoms with van der Waals surface area (Å²) in [6.07, 6.45) is 7.33. The first-order chi connectivity index (χ1) is 8.81. The standard InChI is InChI=1S/C16H22O2/c1-2-15(13-9-5-3-6-10-13)18-16(17)14-11-7-4-8-12-14/h4,7-8,11-13,15H,2-3,5-6,9-10H2,1H3. The van der Waals surface area contributed by atoms with Gasteiger partial charge in [0.1, 0.15) is 6.10 Å². The van der Waals surface area contributed by atoms with Crippen LogP contribution in [0.1, 0.15) is 55.8 Å². The summed E-state index contributed by atoms with van der Waals surface area (Å²) in [4.78, 5) is 12.0. The lowest BCUT2D eigenvalue weighted by Gasteiger charge is -2.29. The zero-order valence-corrected chi connectivity index (χ0v) is 11.1. The summed E-state index contributed by atoms with van der Waals surface area (Å²) in [6, 6.07) is 9.29. The van der Waals surface area contributed by atoms with Crippen LogP contribution in [0.3, 0.4) is 0 Å². The zero-order valence-electron chi connectivity index (χ0n) is 11.1. The average molecular weight is 246 g/mol. The van der Waals surface area contributed by atoms with Crippen LogP contribution in [0.5, 0.6) is 0 Å². The molecule has 18 heavy (non-hydrogen) atoms. The van der Waals surface area contributed by atoms with E-state index in [0.29, 0.717) is 11.5 Å². The third-order valence-corrected chi connectivity index (χ3v) is 3.85. The maximum Gasteiger partial charge on any atom is 0.338 e. The van der Waals surface area contributed by atoms with Crippen molar-refractivity contribution in [2.75, 3.05) is 0 Å². The van der Waals surface area contributed by atoms with Crippen LogP contribution in [0.2, 0.25) is 0 Å². The topological polar surface area (TPSA) is 26.3 Å². The maximum absolute atomic E-state index is 12.0. The number of ether oxygens (including phenoxy) is 1. The summed E-state index contributed by atoms with van der Waals surface area (Å²) in [5.74, 6) is 0.393. The molecule has 1 saturated carbocycles. The number of carbonyl (C=O) groups excluding carboxylic acids is 1. The molecule has 1 aromatic carbocycles. The lowest BCUT2D eigenvalue weighted by molar-refractivity contribution is 0.00646. The quantitative estimate of drug-likeness (QED) is 0.744. The first kappa shape index (κ1) is 13.1. The van der Waals surface area contributed by atoms with Gasteiger partial charge in [0.2, 0.25) is 0 Å². The smallest absolute Gasteiger partial charge is 0.338 e. The van der Waals surface area contributed by atoms with Crippen molar-refractivity contribution in [2.45, 2.75) is 51.6 Å². The molecule has 0 N–H and O–H groups in total. The van der Waals surface area contributed by atoms with Crippen LogP contribution >= 0.6 is 0 Å². The number of carbonyl (C=O) groups is 1. The van der Waals surface area contributed by atoms with E-state index in [4.69, 9.17) is 4.74 Å². The Kier molecular flexibility index (Phi) is 4.80. The second-order valence-corrected chi connectivity index (χ2v) is 5.12. The monoisotopic (exact) mass is 246 g/mol. The number of hydrogen-bond donors (Lipinski definition) is 0. The molecule has 0 saturated heterocycles. The highest BCUT2D eigenvalue weighted by Gasteiger charge is 2.25. The van der Waals surface area contributed by atoms with Gasteiger partial charge in [-0.1, -0.05) is 44.4 Å². The van der Waals surface area contributed by atoms with Crippen molar-refractivity contribution in [1.29, 1.82) is 0 Å². The summed E-state index contributed by atoms with van der Waals surface area (Å²) >= 11 is 0. The normalized spacial score (nSPS) is 18.3. The molecule has 2 rings (SSSR count). The molecule has 98 valence electrons. The van der Waals surface area contributed by atoms with Crippen molar-refractivity contribution >= 4 is 5.97 Å². The lowest BCUT2D eigenvalue weighted by atomic mass is 9.84. The van der Waals surface area contributed by atoms with Gasteiger partial charge in [-0.15, -0.1) is 0 Å². The van der Waals surface area contributed by atoms with Gasteiger partial charge in [0.15, 0.2) is 0 Å². The van der Waals surface area contributed by atoms with Crippen LogP contribution in [-0.4, -0.2) is 12.1 Å². The molecule has 1 unspecified atom stereocenters. The van der Waals surface area contributed by atoms with Gasteiger partial charge in [0.25, 0.3) is 0 Å². The predicted octanol–water partition coefficient (Wildman–Crippen LogP) is 4.20. The molecule has 1 aromatic rings. The fourth-order valence-corrected chi connectivity index (χ4v) is 2.80. The highest BCUT2D eigenvalue weighted by atomic mass is 16.5. The number of rotatable bonds is 4. The van der Waals surface area contributed by atoms with Crippen molar-refractivity contribution < 1.29 is 9.53 Å². The van der Waals surface area contributed by atoms with Gasteiger partial charge in [-0.05, 0) is 37.3 Å². The Morgan fingerprint density at radius 3 is 2.50 bits per heavy atom. The largest absolute Gasteiger partial charge is 0.459 e. The molecule has 0 aromatic heterocycles. The van der Waals surface area contributed by atoms with Gasteiger partial charge in [0, 0.05) is 0 Å². The van der Waals surface area contributed by atoms with E-state index >= 15 is 0 Å². The summed E-state index contributed by atoms with van der Waals surface area (Å²) in [7, 11) is 0. The first-order valence-electron chi connectivity index (χ1n) is 7.07. The molecule has 2 nitrogen and oxygen atoms in total. The Morgan fingerprint density at radius 2 is 1.89 bits per heavy atom. The van der Waals surface area contributed by atoms with Gasteiger partial charge in [-0.3, -0.25) is 0 Å². The number of benzene rings is 1. The highest BCUT2D eigenvalue weighted by molar-refractivity contribution is 5.89. The van der Waals surface area contributed by atoms with Crippen LogP contribution in [0.4, 0.5) is 0 Å². The first-order valence-corrected chi connectivity index (χ1v) is 7.07. The molecule has 0 amide bonds. The SMILES string of the molecule is CCC(OC(=O)c1ccccc1)C1CCCCC1. The van der Waals surface area contributed by atoms with Crippen molar-refractivity contribution in [2.24, 2.45) is 5.92 Å². The van der Waals surface area contributed by atoms with Crippen molar-refractivity contribution in [3.63, 3.8) is 0 Å². The summed E-state index contributed by atoms with van der Waals surface area (Å²) < 4.78 is 5.69. The molecule has 1 fully saturated rings. The molecule has 0 aliphatic heterocycles. The fourth-order valence-electron chi connectivity index (χ4n) is 2.80. The minimum absolute atomic E-state index is 0.0954. The molecule has 1 aliphatic rings. The Labute approximate surface area is 109 Å². The Balaban J connectivity index is 1.95. The fraction of sp³-hybridized carbons (Fsp3) is 0.562. The van der Waals surface area contributed by atoms with Crippen molar-refractivity contribution in [3.05, 3.63) is 35.9 Å². The predicted molar refractivity (Wildman–Crippen MR) is 72.5 cm³/mol. The summed E-state index contributed by atoms with van der Waals surface area (Å²) in [6.45, 7) is 2.11. The lowest BCUT2D eigenvalue weighted by Crippen LogP contribution is -2.28. The van der Waals surface area contributed by atoms with E-state index < -0.39 is 0 Å². The maximum atomic E-state index is 12.0. The Hall–Kier alpha value is -1.31. The third kappa shape index (κ3) is 3.34. The van der Waals surface area contributed by atoms with E-state index in [-0.39, 0.29) is 12.1 Å². The molecule has 1 aliphatic carbocycles. The molecule has 0 heterocycles. The highest BCUT2D eigenvalue weighted by Crippen LogP contribution is 2.29. The van der Waals surface area contributed by atoms with Crippen molar-refractivity contribution in [1.82, 2.24) is 0 Å². The van der Waals surface area contributed by atoms with Crippen LogP contribution < -0.4 is 0 Å². The molecule has 1 atom stereocenters. The van der Waals surface area contributed by atoms with Crippen LogP contribution in [0.25, 0.3) is 0 Å².